The van der Waals surface area contributed by atoms with Crippen molar-refractivity contribution in [3.05, 3.63) is 34.2 Å². The first-order valence-corrected chi connectivity index (χ1v) is 5.41. The highest BCUT2D eigenvalue weighted by atomic mass is 16.4. The Bertz CT molecular complexity index is 444. The molecule has 0 atom stereocenters. The first-order valence-electron chi connectivity index (χ1n) is 5.41. The molecule has 0 saturated carbocycles. The molecular formula is C12H17NO3. The molecule has 88 valence electrons. The number of pyridine rings is 1. The molecular weight excluding hydrogens is 206 g/mol. The molecule has 1 heterocycles. The van der Waals surface area contributed by atoms with Gasteiger partial charge in [-0.2, -0.15) is 0 Å². The molecule has 0 aliphatic heterocycles. The molecule has 1 rings (SSSR count). The van der Waals surface area contributed by atoms with Crippen LogP contribution in [0, 0.1) is 0 Å². The van der Waals surface area contributed by atoms with Gasteiger partial charge in [-0.15, -0.1) is 0 Å². The van der Waals surface area contributed by atoms with E-state index in [0.717, 1.165) is 12.8 Å². The van der Waals surface area contributed by atoms with E-state index < -0.39 is 5.97 Å². The van der Waals surface area contributed by atoms with E-state index in [4.69, 9.17) is 5.11 Å². The lowest BCUT2D eigenvalue weighted by atomic mass is 9.95. The summed E-state index contributed by atoms with van der Waals surface area (Å²) >= 11 is 0. The molecule has 1 N–H and O–H groups in total. The molecule has 0 aromatic carbocycles. The van der Waals surface area contributed by atoms with Gasteiger partial charge in [-0.1, -0.05) is 13.8 Å². The number of aromatic carboxylic acids is 1. The first kappa shape index (κ1) is 12.5. The SMILES string of the molecule is CCC(C)(CC)n1cc(C(=O)O)ccc1=O. The van der Waals surface area contributed by atoms with E-state index in [-0.39, 0.29) is 16.7 Å². The topological polar surface area (TPSA) is 59.3 Å². The van der Waals surface area contributed by atoms with Gasteiger partial charge < -0.3 is 9.67 Å². The number of hydrogen-bond donors (Lipinski definition) is 1. The lowest BCUT2D eigenvalue weighted by Crippen LogP contribution is -2.37. The summed E-state index contributed by atoms with van der Waals surface area (Å²) in [7, 11) is 0. The van der Waals surface area contributed by atoms with Gasteiger partial charge in [-0.3, -0.25) is 4.79 Å². The molecule has 0 spiro atoms. The van der Waals surface area contributed by atoms with Crippen LogP contribution < -0.4 is 5.56 Å². The monoisotopic (exact) mass is 223 g/mol. The van der Waals surface area contributed by atoms with E-state index in [1.165, 1.54) is 22.9 Å². The van der Waals surface area contributed by atoms with Crippen molar-refractivity contribution in [1.29, 1.82) is 0 Å². The minimum atomic E-state index is -1.01. The van der Waals surface area contributed by atoms with Crippen LogP contribution >= 0.6 is 0 Å². The van der Waals surface area contributed by atoms with Gasteiger partial charge >= 0.3 is 5.97 Å². The Morgan fingerprint density at radius 2 is 1.94 bits per heavy atom. The van der Waals surface area contributed by atoms with Crippen LogP contribution in [-0.2, 0) is 5.54 Å². The molecule has 0 radical (unpaired) electrons. The zero-order valence-corrected chi connectivity index (χ0v) is 9.86. The summed E-state index contributed by atoms with van der Waals surface area (Å²) in [5.41, 5.74) is -0.327. The quantitative estimate of drug-likeness (QED) is 0.850. The molecule has 0 aliphatic rings. The van der Waals surface area contributed by atoms with Crippen molar-refractivity contribution in [2.45, 2.75) is 39.2 Å². The second kappa shape index (κ2) is 4.51. The molecule has 1 aromatic rings. The van der Waals surface area contributed by atoms with Crippen molar-refractivity contribution in [3.63, 3.8) is 0 Å². The summed E-state index contributed by atoms with van der Waals surface area (Å²) in [6.45, 7) is 5.94. The maximum Gasteiger partial charge on any atom is 0.337 e. The first-order chi connectivity index (χ1) is 7.44. The fourth-order valence-corrected chi connectivity index (χ4v) is 1.63. The number of hydrogen-bond acceptors (Lipinski definition) is 2. The fraction of sp³-hybridized carbons (Fsp3) is 0.500. The molecule has 1 aromatic heterocycles. The standard InChI is InChI=1S/C12H17NO3/c1-4-12(3,5-2)13-8-9(11(15)16)6-7-10(13)14/h6-8H,4-5H2,1-3H3,(H,15,16). The van der Waals surface area contributed by atoms with Crippen molar-refractivity contribution < 1.29 is 9.90 Å². The van der Waals surface area contributed by atoms with Gasteiger partial charge in [0.1, 0.15) is 0 Å². The fourth-order valence-electron chi connectivity index (χ4n) is 1.63. The molecule has 0 aliphatic carbocycles. The molecule has 4 nitrogen and oxygen atoms in total. The maximum absolute atomic E-state index is 11.7. The highest BCUT2D eigenvalue weighted by Crippen LogP contribution is 2.22. The summed E-state index contributed by atoms with van der Waals surface area (Å²) in [6.07, 6.45) is 3.00. The average Bonchev–Trinajstić information content (AvgIpc) is 2.28. The predicted molar refractivity (Wildman–Crippen MR) is 61.9 cm³/mol. The van der Waals surface area contributed by atoms with Crippen LogP contribution in [0.15, 0.2) is 23.1 Å². The zero-order valence-electron chi connectivity index (χ0n) is 9.86. The van der Waals surface area contributed by atoms with Gasteiger partial charge in [0.25, 0.3) is 5.56 Å². The second-order valence-corrected chi connectivity index (χ2v) is 4.14. The van der Waals surface area contributed by atoms with Crippen LogP contribution in [0.2, 0.25) is 0 Å². The number of rotatable bonds is 4. The minimum Gasteiger partial charge on any atom is -0.478 e. The van der Waals surface area contributed by atoms with Crippen molar-refractivity contribution in [3.8, 4) is 0 Å². The van der Waals surface area contributed by atoms with Crippen LogP contribution in [0.1, 0.15) is 44.0 Å². The van der Waals surface area contributed by atoms with E-state index in [2.05, 4.69) is 0 Å². The Hall–Kier alpha value is -1.58. The Morgan fingerprint density at radius 1 is 1.38 bits per heavy atom. The Labute approximate surface area is 94.5 Å². The smallest absolute Gasteiger partial charge is 0.337 e. The summed E-state index contributed by atoms with van der Waals surface area (Å²) in [4.78, 5) is 22.6. The third-order valence-electron chi connectivity index (χ3n) is 3.26. The van der Waals surface area contributed by atoms with Crippen LogP contribution in [0.25, 0.3) is 0 Å². The van der Waals surface area contributed by atoms with Gasteiger partial charge in [-0.05, 0) is 25.8 Å². The van der Waals surface area contributed by atoms with Gasteiger partial charge in [0.05, 0.1) is 5.56 Å². The third kappa shape index (κ3) is 2.15. The molecule has 16 heavy (non-hydrogen) atoms. The Kier molecular flexibility index (Phi) is 3.52. The average molecular weight is 223 g/mol. The number of nitrogens with zero attached hydrogens (tertiary/aromatic N) is 1. The largest absolute Gasteiger partial charge is 0.478 e. The van der Waals surface area contributed by atoms with Gasteiger partial charge in [0, 0.05) is 17.8 Å². The van der Waals surface area contributed by atoms with Crippen molar-refractivity contribution in [2.75, 3.05) is 0 Å². The second-order valence-electron chi connectivity index (χ2n) is 4.14. The summed E-state index contributed by atoms with van der Waals surface area (Å²) in [5.74, 6) is -1.01. The van der Waals surface area contributed by atoms with E-state index in [1.807, 2.05) is 20.8 Å². The van der Waals surface area contributed by atoms with E-state index in [1.54, 1.807) is 0 Å². The molecule has 0 fully saturated rings. The zero-order chi connectivity index (χ0) is 12.3. The Morgan fingerprint density at radius 3 is 2.38 bits per heavy atom. The highest BCUT2D eigenvalue weighted by Gasteiger charge is 2.23. The lowest BCUT2D eigenvalue weighted by molar-refractivity contribution is 0.0695. The maximum atomic E-state index is 11.7. The minimum absolute atomic E-state index is 0.146. The van der Waals surface area contributed by atoms with Crippen LogP contribution in [0.5, 0.6) is 0 Å². The van der Waals surface area contributed by atoms with E-state index in [9.17, 15) is 9.59 Å². The van der Waals surface area contributed by atoms with Crippen molar-refractivity contribution in [1.82, 2.24) is 4.57 Å². The summed E-state index contributed by atoms with van der Waals surface area (Å²) in [6, 6.07) is 2.65. The van der Waals surface area contributed by atoms with Crippen molar-refractivity contribution >= 4 is 5.97 Å². The third-order valence-corrected chi connectivity index (χ3v) is 3.26. The van der Waals surface area contributed by atoms with Gasteiger partial charge in [0.15, 0.2) is 0 Å². The molecule has 0 amide bonds. The predicted octanol–water partition coefficient (Wildman–Crippen LogP) is 2.08. The van der Waals surface area contributed by atoms with Gasteiger partial charge in [0.2, 0.25) is 0 Å². The Balaban J connectivity index is 3.37. The van der Waals surface area contributed by atoms with E-state index >= 15 is 0 Å². The molecule has 0 unspecified atom stereocenters. The number of carboxylic acid groups (broad SMARTS) is 1. The highest BCUT2D eigenvalue weighted by molar-refractivity contribution is 5.87. The normalized spacial score (nSPS) is 11.4. The molecule has 0 saturated heterocycles. The lowest BCUT2D eigenvalue weighted by Gasteiger charge is -2.29. The number of carbonyl (C=O) groups is 1. The summed E-state index contributed by atoms with van der Waals surface area (Å²) in [5, 5.41) is 8.90. The molecule has 0 bridgehead atoms. The summed E-state index contributed by atoms with van der Waals surface area (Å²) < 4.78 is 1.52. The van der Waals surface area contributed by atoms with Crippen molar-refractivity contribution in [2.24, 2.45) is 0 Å². The van der Waals surface area contributed by atoms with Crippen LogP contribution in [0.4, 0.5) is 0 Å². The number of aromatic nitrogens is 1. The number of carboxylic acids is 1. The van der Waals surface area contributed by atoms with E-state index in [0.29, 0.717) is 0 Å². The van der Waals surface area contributed by atoms with Crippen LogP contribution in [-0.4, -0.2) is 15.6 Å². The van der Waals surface area contributed by atoms with Gasteiger partial charge in [-0.25, -0.2) is 4.79 Å². The molecule has 4 heteroatoms. The van der Waals surface area contributed by atoms with Crippen LogP contribution in [0.3, 0.4) is 0 Å².